The summed E-state index contributed by atoms with van der Waals surface area (Å²) in [6.07, 6.45) is -11.0. The summed E-state index contributed by atoms with van der Waals surface area (Å²) in [7, 11) is 0. The van der Waals surface area contributed by atoms with Crippen molar-refractivity contribution in [2.24, 2.45) is 16.7 Å². The number of nitrogens with one attached hydrogen (secondary N) is 1. The molecule has 11 atom stereocenters. The Morgan fingerprint density at radius 1 is 0.786 bits per heavy atom. The highest BCUT2D eigenvalue weighted by Gasteiger charge is 2.79. The maximum absolute atomic E-state index is 16.0. The van der Waals surface area contributed by atoms with E-state index in [2.05, 4.69) is 5.32 Å². The van der Waals surface area contributed by atoms with Crippen LogP contribution in [0.4, 0.5) is 0 Å². The lowest BCUT2D eigenvalue weighted by atomic mass is 9.44. The van der Waals surface area contributed by atoms with E-state index in [-0.39, 0.29) is 28.7 Å². The van der Waals surface area contributed by atoms with E-state index in [1.165, 1.54) is 52.0 Å². The van der Waals surface area contributed by atoms with Crippen molar-refractivity contribution >= 4 is 70.7 Å². The topological polar surface area (TPSA) is 233 Å². The first-order valence-corrected chi connectivity index (χ1v) is 23.6. The van der Waals surface area contributed by atoms with E-state index >= 15 is 9.59 Å². The number of alkyl halides is 2. The van der Waals surface area contributed by atoms with Gasteiger partial charge in [0.15, 0.2) is 17.5 Å². The number of rotatable bonds is 14. The van der Waals surface area contributed by atoms with E-state index in [0.29, 0.717) is 5.56 Å². The van der Waals surface area contributed by atoms with Gasteiger partial charge in [0.25, 0.3) is 5.91 Å². The minimum atomic E-state index is -2.52. The lowest BCUT2D eigenvalue weighted by molar-refractivity contribution is -0.346. The van der Waals surface area contributed by atoms with E-state index in [0.717, 1.165) is 13.8 Å². The zero-order valence-electron chi connectivity index (χ0n) is 39.1. The summed E-state index contributed by atoms with van der Waals surface area (Å²) >= 11 is 11.9. The van der Waals surface area contributed by atoms with E-state index in [9.17, 15) is 33.9 Å². The van der Waals surface area contributed by atoms with Gasteiger partial charge in [-0.3, -0.25) is 28.8 Å². The second-order valence-corrected chi connectivity index (χ2v) is 19.1. The van der Waals surface area contributed by atoms with Gasteiger partial charge in [0, 0.05) is 37.7 Å². The van der Waals surface area contributed by atoms with Crippen molar-refractivity contribution in [1.82, 2.24) is 5.32 Å². The molecule has 70 heavy (non-hydrogen) atoms. The van der Waals surface area contributed by atoms with E-state index in [1.54, 1.807) is 66.7 Å². The molecular weight excluding hydrogens is 953 g/mol. The molecule has 0 radical (unpaired) electrons. The monoisotopic (exact) mass is 1010 g/mol. The Hall–Kier alpha value is -6.14. The number of Topliss-reactive ketones (excluding diaryl/α,β-unsaturated/α-hetero) is 1. The highest BCUT2D eigenvalue weighted by Crippen LogP contribution is 2.65. The van der Waals surface area contributed by atoms with Crippen LogP contribution in [0.3, 0.4) is 0 Å². The molecule has 1 heterocycles. The number of ketones is 1. The largest absolute Gasteiger partial charge is 0.460 e. The van der Waals surface area contributed by atoms with Crippen LogP contribution in [0.2, 0.25) is 0 Å². The number of aliphatic hydroxyl groups is 1. The zero-order valence-corrected chi connectivity index (χ0v) is 40.7. The van der Waals surface area contributed by atoms with Gasteiger partial charge in [-0.25, -0.2) is 9.59 Å². The van der Waals surface area contributed by atoms with Crippen LogP contribution >= 0.6 is 23.2 Å². The van der Waals surface area contributed by atoms with E-state index in [1.807, 2.05) is 0 Å². The van der Waals surface area contributed by atoms with Gasteiger partial charge in [-0.2, -0.15) is 0 Å². The second-order valence-electron chi connectivity index (χ2n) is 18.5. The summed E-state index contributed by atoms with van der Waals surface area (Å²) in [5, 5.41) is 16.8. The van der Waals surface area contributed by atoms with Crippen molar-refractivity contribution in [3.63, 3.8) is 0 Å². The first kappa shape index (κ1) is 51.7. The lowest BCUT2D eigenvalue weighted by Gasteiger charge is -2.67. The van der Waals surface area contributed by atoms with Crippen molar-refractivity contribution in [1.29, 1.82) is 0 Å². The summed E-state index contributed by atoms with van der Waals surface area (Å²) < 4.78 is 42.5. The molecule has 1 amide bonds. The van der Waals surface area contributed by atoms with E-state index in [4.69, 9.17) is 56.4 Å². The van der Waals surface area contributed by atoms with Gasteiger partial charge < -0.3 is 43.6 Å². The van der Waals surface area contributed by atoms with Crippen molar-refractivity contribution < 1.29 is 76.6 Å². The van der Waals surface area contributed by atoms with Crippen LogP contribution in [0, 0.1) is 16.7 Å². The molecule has 1 saturated heterocycles. The quantitative estimate of drug-likeness (QED) is 0.0901. The molecule has 3 fully saturated rings. The summed E-state index contributed by atoms with van der Waals surface area (Å²) in [6, 6.07) is 22.4. The Morgan fingerprint density at radius 2 is 1.37 bits per heavy atom. The molecule has 19 heteroatoms. The van der Waals surface area contributed by atoms with Crippen LogP contribution in [0.5, 0.6) is 0 Å². The lowest BCUT2D eigenvalue weighted by Crippen LogP contribution is -2.82. The Bertz CT molecular complexity index is 2570. The molecule has 372 valence electrons. The molecule has 3 aliphatic carbocycles. The predicted molar refractivity (Wildman–Crippen MR) is 247 cm³/mol. The van der Waals surface area contributed by atoms with Crippen molar-refractivity contribution in [3.05, 3.63) is 119 Å². The van der Waals surface area contributed by atoms with Crippen LogP contribution in [0.25, 0.3) is 0 Å². The zero-order chi connectivity index (χ0) is 50.9. The first-order chi connectivity index (χ1) is 33.1. The summed E-state index contributed by atoms with van der Waals surface area (Å²) in [5.41, 5.74) is -7.80. The summed E-state index contributed by atoms with van der Waals surface area (Å²) in [4.78, 5) is 112. The number of hydrogen-bond donors (Lipinski definition) is 2. The Kier molecular flexibility index (Phi) is 15.0. The number of carbonyl (C=O) groups excluding carboxylic acids is 8. The van der Waals surface area contributed by atoms with Gasteiger partial charge >= 0.3 is 35.8 Å². The van der Waals surface area contributed by atoms with Crippen molar-refractivity contribution in [2.75, 3.05) is 18.4 Å². The average Bonchev–Trinajstić information content (AvgIpc) is 3.33. The predicted octanol–water partition coefficient (Wildman–Crippen LogP) is 5.32. The van der Waals surface area contributed by atoms with E-state index < -0.39 is 143 Å². The van der Waals surface area contributed by atoms with Gasteiger partial charge in [0.1, 0.15) is 47.8 Å². The molecule has 3 aromatic rings. The third-order valence-corrected chi connectivity index (χ3v) is 14.6. The number of esters is 6. The van der Waals surface area contributed by atoms with Crippen LogP contribution < -0.4 is 5.32 Å². The smallest absolute Gasteiger partial charge is 0.350 e. The molecule has 2 bridgehead atoms. The minimum absolute atomic E-state index is 0.0137. The fraction of sp³-hybridized carbons (Fsp3) is 0.451. The molecule has 7 rings (SSSR count). The van der Waals surface area contributed by atoms with Crippen molar-refractivity contribution in [3.8, 4) is 0 Å². The molecule has 2 saturated carbocycles. The molecule has 0 aromatic heterocycles. The standard InChI is InChI=1S/C51H53Cl2NO16/c1-27-33(66-47(62)41(68-37(58)25-53)39(30-16-10-7-11-17-30)54-45(60)31-18-12-8-13-19-31)23-51(63)44(69-46(61)32-20-14-9-15-21-32)42-49(6,43(59)40(65-28(2)55)38(27)48(51,4)5)34(67-36(57)24-52)22-35-50(42,26-64-35)70-29(3)56/h7-21,33-35,39-42,44,63H,22-26H2,1-6H3,(H,54,60)/t33-,34-,35+,39-,40+,41+,42-,44-,49+,50-,51+/m0/s1. The normalized spacial score (nSPS) is 29.4. The maximum atomic E-state index is 16.0. The van der Waals surface area contributed by atoms with Crippen LogP contribution in [-0.4, -0.2) is 119 Å². The van der Waals surface area contributed by atoms with Gasteiger partial charge in [-0.05, 0) is 54.8 Å². The molecule has 17 nitrogen and oxygen atoms in total. The van der Waals surface area contributed by atoms with Crippen LogP contribution in [-0.2, 0) is 61.9 Å². The van der Waals surface area contributed by atoms with Gasteiger partial charge in [-0.1, -0.05) is 80.6 Å². The molecule has 3 aromatic carbocycles. The molecule has 0 spiro atoms. The van der Waals surface area contributed by atoms with Crippen molar-refractivity contribution in [2.45, 2.75) is 108 Å². The Balaban J connectivity index is 1.45. The van der Waals surface area contributed by atoms with Gasteiger partial charge in [-0.15, -0.1) is 23.2 Å². The summed E-state index contributed by atoms with van der Waals surface area (Å²) in [6.45, 7) is 7.70. The number of hydrogen-bond acceptors (Lipinski definition) is 16. The average molecular weight is 1010 g/mol. The number of halogens is 2. The summed E-state index contributed by atoms with van der Waals surface area (Å²) in [5.74, 6) is -10.7. The molecular formula is C51H53Cl2NO16. The van der Waals surface area contributed by atoms with Gasteiger partial charge in [0.05, 0.1) is 23.5 Å². The molecule has 1 aliphatic heterocycles. The fourth-order valence-corrected chi connectivity index (χ4v) is 10.9. The maximum Gasteiger partial charge on any atom is 0.350 e. The number of carbonyl (C=O) groups is 8. The van der Waals surface area contributed by atoms with Crippen LogP contribution in [0.15, 0.2) is 102 Å². The molecule has 0 unspecified atom stereocenters. The number of fused-ring (bicyclic) bond motifs is 5. The second kappa shape index (κ2) is 20.3. The highest BCUT2D eigenvalue weighted by atomic mass is 35.5. The molecule has 4 aliphatic rings. The third kappa shape index (κ3) is 9.31. The molecule has 2 N–H and O–H groups in total. The number of ether oxygens (including phenoxy) is 7. The van der Waals surface area contributed by atoms with Gasteiger partial charge in [0.2, 0.25) is 6.10 Å². The SMILES string of the molecule is CC(=O)O[C@H]1C(=O)[C@]2(C)[C@@H](OC(=O)CCl)C[C@H]3OC[C@@]3(OC(C)=O)[C@H]2[C@H](OC(=O)c2ccccc2)[C@]2(O)C[C@H](OC(=O)[C@H](OC(=O)CCl)[C@@H](NC(=O)c3ccccc3)c3ccccc3)C(C)=C1C2(C)C. The van der Waals surface area contributed by atoms with Crippen LogP contribution in [0.1, 0.15) is 86.7 Å². The highest BCUT2D eigenvalue weighted by molar-refractivity contribution is 6.26. The Morgan fingerprint density at radius 3 is 1.91 bits per heavy atom. The third-order valence-electron chi connectivity index (χ3n) is 14.2. The Labute approximate surface area is 413 Å². The number of amides is 1. The minimum Gasteiger partial charge on any atom is -0.460 e. The fourth-order valence-electron chi connectivity index (χ4n) is 10.8. The number of benzene rings is 3. The first-order valence-electron chi connectivity index (χ1n) is 22.5.